The van der Waals surface area contributed by atoms with Gasteiger partial charge in [-0.15, -0.1) is 0 Å². The molecule has 0 amide bonds. The van der Waals surface area contributed by atoms with Gasteiger partial charge in [0.1, 0.15) is 17.4 Å². The molecule has 3 N–H and O–H groups in total. The van der Waals surface area contributed by atoms with Crippen molar-refractivity contribution in [1.82, 2.24) is 0 Å². The Hall–Kier alpha value is -1.82. The molecular weight excluding hydrogens is 342 g/mol. The molecule has 0 unspecified atom stereocenters. The van der Waals surface area contributed by atoms with Crippen LogP contribution in [0.15, 0.2) is 34.8 Å². The van der Waals surface area contributed by atoms with Crippen molar-refractivity contribution < 1.29 is 13.5 Å². The Morgan fingerprint density at radius 1 is 1.14 bits per heavy atom. The van der Waals surface area contributed by atoms with Crippen molar-refractivity contribution in [3.63, 3.8) is 0 Å². The zero-order valence-electron chi connectivity index (χ0n) is 11.6. The topological polar surface area (TPSA) is 47.3 Å². The molecule has 3 nitrogen and oxygen atoms in total. The Morgan fingerprint density at radius 2 is 1.86 bits per heavy atom. The van der Waals surface area contributed by atoms with Crippen LogP contribution in [0.2, 0.25) is 0 Å². The van der Waals surface area contributed by atoms with Crippen molar-refractivity contribution in [2.75, 3.05) is 11.1 Å². The van der Waals surface area contributed by atoms with E-state index >= 15 is 0 Å². The molecule has 0 radical (unpaired) electrons. The van der Waals surface area contributed by atoms with E-state index in [0.717, 1.165) is 12.1 Å². The van der Waals surface area contributed by atoms with Crippen LogP contribution < -0.4 is 15.8 Å². The Bertz CT molecular complexity index is 662. The Kier molecular flexibility index (Phi) is 4.67. The van der Waals surface area contributed by atoms with Crippen LogP contribution in [0, 0.1) is 11.6 Å². The van der Waals surface area contributed by atoms with Crippen LogP contribution in [-0.2, 0) is 0 Å². The van der Waals surface area contributed by atoms with Crippen LogP contribution in [0.25, 0.3) is 0 Å². The smallest absolute Gasteiger partial charge is 0.147 e. The average Bonchev–Trinajstić information content (AvgIpc) is 2.39. The molecule has 0 spiro atoms. The third-order valence-electron chi connectivity index (χ3n) is 2.67. The van der Waals surface area contributed by atoms with Crippen molar-refractivity contribution in [2.45, 2.75) is 20.0 Å². The van der Waals surface area contributed by atoms with E-state index in [9.17, 15) is 8.78 Å². The van der Waals surface area contributed by atoms with E-state index in [1.54, 1.807) is 18.2 Å². The highest BCUT2D eigenvalue weighted by atomic mass is 79.9. The lowest BCUT2D eigenvalue weighted by molar-refractivity contribution is 0.244. The van der Waals surface area contributed by atoms with Gasteiger partial charge < -0.3 is 15.8 Å². The third-order valence-corrected chi connectivity index (χ3v) is 3.27. The fraction of sp³-hybridized carbons (Fsp3) is 0.200. The third kappa shape index (κ3) is 3.85. The maximum atomic E-state index is 13.8. The summed E-state index contributed by atoms with van der Waals surface area (Å²) >= 11 is 2.93. The maximum absolute atomic E-state index is 13.8. The quantitative estimate of drug-likeness (QED) is 0.608. The van der Waals surface area contributed by atoms with Crippen LogP contribution >= 0.6 is 15.9 Å². The highest BCUT2D eigenvalue weighted by Gasteiger charge is 2.10. The molecule has 0 heterocycles. The number of hydrogen-bond donors (Lipinski definition) is 2. The summed E-state index contributed by atoms with van der Waals surface area (Å²) < 4.78 is 32.9. The maximum Gasteiger partial charge on any atom is 0.147 e. The summed E-state index contributed by atoms with van der Waals surface area (Å²) in [6.07, 6.45) is -0.0376. The number of nitrogens with two attached hydrogens (primary N) is 1. The summed E-state index contributed by atoms with van der Waals surface area (Å²) in [6.45, 7) is 3.76. The minimum Gasteiger partial charge on any atom is -0.489 e. The zero-order valence-corrected chi connectivity index (χ0v) is 13.2. The van der Waals surface area contributed by atoms with E-state index < -0.39 is 11.6 Å². The first-order chi connectivity index (χ1) is 9.86. The van der Waals surface area contributed by atoms with Gasteiger partial charge in [-0.1, -0.05) is 0 Å². The first-order valence-corrected chi connectivity index (χ1v) is 7.14. The predicted molar refractivity (Wildman–Crippen MR) is 84.0 cm³/mol. The largest absolute Gasteiger partial charge is 0.489 e. The van der Waals surface area contributed by atoms with Gasteiger partial charge in [0.05, 0.1) is 22.0 Å². The van der Waals surface area contributed by atoms with Crippen LogP contribution in [-0.4, -0.2) is 6.10 Å². The molecule has 21 heavy (non-hydrogen) atoms. The van der Waals surface area contributed by atoms with Crippen LogP contribution in [0.3, 0.4) is 0 Å². The molecule has 112 valence electrons. The van der Waals surface area contributed by atoms with Crippen molar-refractivity contribution >= 4 is 33.0 Å². The van der Waals surface area contributed by atoms with E-state index in [4.69, 9.17) is 10.5 Å². The first-order valence-electron chi connectivity index (χ1n) is 6.34. The summed E-state index contributed by atoms with van der Waals surface area (Å²) in [7, 11) is 0. The summed E-state index contributed by atoms with van der Waals surface area (Å²) in [6, 6.07) is 7.11. The number of rotatable bonds is 4. The van der Waals surface area contributed by atoms with E-state index in [0.29, 0.717) is 17.1 Å². The van der Waals surface area contributed by atoms with Gasteiger partial charge in [-0.2, -0.15) is 0 Å². The van der Waals surface area contributed by atoms with Crippen molar-refractivity contribution in [1.29, 1.82) is 0 Å². The van der Waals surface area contributed by atoms with E-state index in [2.05, 4.69) is 21.2 Å². The minimum absolute atomic E-state index is 0.0376. The number of ether oxygens (including phenoxy) is 1. The van der Waals surface area contributed by atoms with E-state index in [1.807, 2.05) is 13.8 Å². The molecule has 0 aliphatic rings. The van der Waals surface area contributed by atoms with Crippen LogP contribution in [0.1, 0.15) is 13.8 Å². The van der Waals surface area contributed by atoms with Crippen molar-refractivity contribution in [3.8, 4) is 5.75 Å². The number of nitrogen functional groups attached to an aromatic ring is 1. The lowest BCUT2D eigenvalue weighted by Crippen LogP contribution is -2.07. The number of halogens is 3. The monoisotopic (exact) mass is 356 g/mol. The fourth-order valence-electron chi connectivity index (χ4n) is 1.74. The highest BCUT2D eigenvalue weighted by molar-refractivity contribution is 9.10. The normalized spacial score (nSPS) is 10.8. The highest BCUT2D eigenvalue weighted by Crippen LogP contribution is 2.30. The second-order valence-corrected chi connectivity index (χ2v) is 5.64. The van der Waals surface area contributed by atoms with Gasteiger partial charge in [0.15, 0.2) is 0 Å². The Labute approximate surface area is 130 Å². The molecule has 2 aromatic carbocycles. The molecule has 2 aromatic rings. The van der Waals surface area contributed by atoms with Crippen LogP contribution in [0.5, 0.6) is 5.75 Å². The summed E-state index contributed by atoms with van der Waals surface area (Å²) in [5, 5.41) is 2.81. The molecule has 0 saturated heterocycles. The molecule has 0 aromatic heterocycles. The number of anilines is 3. The second-order valence-electron chi connectivity index (χ2n) is 4.79. The van der Waals surface area contributed by atoms with Crippen molar-refractivity contribution in [3.05, 3.63) is 46.4 Å². The van der Waals surface area contributed by atoms with E-state index in [1.165, 1.54) is 0 Å². The SMILES string of the molecule is CC(C)Oc1cc(Nc2cc(F)c(Br)cc2F)ccc1N. The summed E-state index contributed by atoms with van der Waals surface area (Å²) in [5.41, 5.74) is 6.89. The predicted octanol–water partition coefficient (Wildman–Crippen LogP) is 4.84. The lowest BCUT2D eigenvalue weighted by Gasteiger charge is -2.14. The van der Waals surface area contributed by atoms with Gasteiger partial charge in [0.2, 0.25) is 0 Å². The molecule has 0 saturated carbocycles. The number of benzene rings is 2. The molecule has 6 heteroatoms. The van der Waals surface area contributed by atoms with Gasteiger partial charge in [0, 0.05) is 17.8 Å². The van der Waals surface area contributed by atoms with Gasteiger partial charge in [-0.3, -0.25) is 0 Å². The average molecular weight is 357 g/mol. The summed E-state index contributed by atoms with van der Waals surface area (Å²) in [5.74, 6) is -0.618. The molecule has 0 aliphatic heterocycles. The van der Waals surface area contributed by atoms with E-state index in [-0.39, 0.29) is 16.3 Å². The van der Waals surface area contributed by atoms with Gasteiger partial charge >= 0.3 is 0 Å². The minimum atomic E-state index is -0.563. The van der Waals surface area contributed by atoms with Gasteiger partial charge in [-0.25, -0.2) is 8.78 Å². The Morgan fingerprint density at radius 3 is 2.52 bits per heavy atom. The number of nitrogens with one attached hydrogen (secondary N) is 1. The van der Waals surface area contributed by atoms with Gasteiger partial charge in [0.25, 0.3) is 0 Å². The standard InChI is InChI=1S/C15H15BrF2N2O/c1-8(2)21-15-5-9(3-4-13(15)19)20-14-7-11(17)10(16)6-12(14)18/h3-8,20H,19H2,1-2H3. The first kappa shape index (κ1) is 15.6. The zero-order chi connectivity index (χ0) is 15.6. The fourth-order valence-corrected chi connectivity index (χ4v) is 2.06. The molecule has 0 atom stereocenters. The number of hydrogen-bond acceptors (Lipinski definition) is 3. The molecule has 0 bridgehead atoms. The van der Waals surface area contributed by atoms with Gasteiger partial charge in [-0.05, 0) is 48.0 Å². The molecule has 0 fully saturated rings. The Balaban J connectivity index is 2.30. The van der Waals surface area contributed by atoms with Crippen LogP contribution in [0.4, 0.5) is 25.8 Å². The second kappa shape index (κ2) is 6.30. The summed E-state index contributed by atoms with van der Waals surface area (Å²) in [4.78, 5) is 0. The molecule has 2 rings (SSSR count). The molecular formula is C15H15BrF2N2O. The lowest BCUT2D eigenvalue weighted by atomic mass is 10.2. The van der Waals surface area contributed by atoms with Crippen molar-refractivity contribution in [2.24, 2.45) is 0 Å². The molecule has 0 aliphatic carbocycles.